The number of methoxy groups -OCH3 is 1. The second-order valence-corrected chi connectivity index (χ2v) is 4.25. The van der Waals surface area contributed by atoms with E-state index in [0.29, 0.717) is 12.8 Å². The van der Waals surface area contributed by atoms with Crippen molar-refractivity contribution in [3.05, 3.63) is 0 Å². The lowest BCUT2D eigenvalue weighted by molar-refractivity contribution is -0.141. The average Bonchev–Trinajstić information content (AvgIpc) is 2.64. The maximum atomic E-state index is 11.6. The van der Waals surface area contributed by atoms with Crippen LogP contribution < -0.4 is 0 Å². The van der Waals surface area contributed by atoms with E-state index < -0.39 is 0 Å². The Hall–Kier alpha value is -1.06. The molecule has 1 amide bonds. The number of hydrogen-bond acceptors (Lipinski definition) is 3. The van der Waals surface area contributed by atoms with E-state index in [1.54, 1.807) is 0 Å². The van der Waals surface area contributed by atoms with Crippen molar-refractivity contribution in [2.45, 2.75) is 51.5 Å². The molecule has 1 aliphatic heterocycles. The van der Waals surface area contributed by atoms with Gasteiger partial charge in [-0.05, 0) is 19.3 Å². The fourth-order valence-electron chi connectivity index (χ4n) is 2.12. The molecule has 0 spiro atoms. The summed E-state index contributed by atoms with van der Waals surface area (Å²) in [7, 11) is 1.40. The van der Waals surface area contributed by atoms with Crippen molar-refractivity contribution < 1.29 is 14.3 Å². The van der Waals surface area contributed by atoms with Gasteiger partial charge in [-0.1, -0.05) is 13.3 Å². The summed E-state index contributed by atoms with van der Waals surface area (Å²) >= 11 is 0. The molecule has 1 saturated heterocycles. The van der Waals surface area contributed by atoms with Crippen LogP contribution >= 0.6 is 0 Å². The second-order valence-electron chi connectivity index (χ2n) is 4.25. The van der Waals surface area contributed by atoms with Crippen molar-refractivity contribution >= 4 is 11.9 Å². The molecule has 0 unspecified atom stereocenters. The molecule has 4 nitrogen and oxygen atoms in total. The van der Waals surface area contributed by atoms with Crippen LogP contribution in [-0.4, -0.2) is 36.5 Å². The first-order valence-corrected chi connectivity index (χ1v) is 6.05. The minimum absolute atomic E-state index is 0.185. The fourth-order valence-corrected chi connectivity index (χ4v) is 2.12. The van der Waals surface area contributed by atoms with E-state index in [-0.39, 0.29) is 17.9 Å². The van der Waals surface area contributed by atoms with Crippen LogP contribution in [0.2, 0.25) is 0 Å². The van der Waals surface area contributed by atoms with E-state index in [0.717, 1.165) is 32.2 Å². The molecule has 0 saturated carbocycles. The van der Waals surface area contributed by atoms with E-state index in [4.69, 9.17) is 0 Å². The maximum absolute atomic E-state index is 11.6. The van der Waals surface area contributed by atoms with Gasteiger partial charge in [0.05, 0.1) is 7.11 Å². The number of unbranched alkanes of at least 4 members (excludes halogenated alkanes) is 1. The summed E-state index contributed by atoms with van der Waals surface area (Å²) in [5.41, 5.74) is 0. The maximum Gasteiger partial charge on any atom is 0.305 e. The number of rotatable bonds is 6. The lowest BCUT2D eigenvalue weighted by Crippen LogP contribution is -2.34. The van der Waals surface area contributed by atoms with Crippen molar-refractivity contribution in [3.63, 3.8) is 0 Å². The molecule has 1 atom stereocenters. The number of amides is 1. The number of carbonyl (C=O) groups excluding carboxylic acids is 2. The van der Waals surface area contributed by atoms with Crippen LogP contribution in [-0.2, 0) is 14.3 Å². The normalized spacial score (nSPS) is 20.2. The largest absolute Gasteiger partial charge is 0.469 e. The van der Waals surface area contributed by atoms with Gasteiger partial charge in [-0.25, -0.2) is 0 Å². The van der Waals surface area contributed by atoms with Gasteiger partial charge in [0.15, 0.2) is 0 Å². The Balaban J connectivity index is 2.38. The van der Waals surface area contributed by atoms with Crippen molar-refractivity contribution in [2.75, 3.05) is 13.7 Å². The van der Waals surface area contributed by atoms with Gasteiger partial charge in [0.1, 0.15) is 0 Å². The number of nitrogens with zero attached hydrogens (tertiary/aromatic N) is 1. The van der Waals surface area contributed by atoms with Gasteiger partial charge in [0.2, 0.25) is 5.91 Å². The third-order valence-corrected chi connectivity index (χ3v) is 3.11. The molecule has 4 heteroatoms. The standard InChI is InChI=1S/C12H21NO3/c1-3-4-9-13-10(5-7-11(13)14)6-8-12(15)16-2/h10H,3-9H2,1-2H3/t10-/m1/s1. The summed E-state index contributed by atoms with van der Waals surface area (Å²) < 4.78 is 4.61. The van der Waals surface area contributed by atoms with Crippen molar-refractivity contribution in [1.29, 1.82) is 0 Å². The van der Waals surface area contributed by atoms with Gasteiger partial charge in [-0.15, -0.1) is 0 Å². The highest BCUT2D eigenvalue weighted by molar-refractivity contribution is 5.79. The Bertz CT molecular complexity index is 253. The summed E-state index contributed by atoms with van der Waals surface area (Å²) in [5, 5.41) is 0. The van der Waals surface area contributed by atoms with Gasteiger partial charge >= 0.3 is 5.97 Å². The summed E-state index contributed by atoms with van der Waals surface area (Å²) in [6.07, 6.45) is 4.81. The number of ether oxygens (including phenoxy) is 1. The zero-order valence-corrected chi connectivity index (χ0v) is 10.2. The molecule has 0 aromatic heterocycles. The van der Waals surface area contributed by atoms with E-state index in [2.05, 4.69) is 11.7 Å². The van der Waals surface area contributed by atoms with E-state index in [9.17, 15) is 9.59 Å². The third-order valence-electron chi connectivity index (χ3n) is 3.11. The third kappa shape index (κ3) is 3.51. The Morgan fingerprint density at radius 1 is 1.56 bits per heavy atom. The van der Waals surface area contributed by atoms with Gasteiger partial charge < -0.3 is 9.64 Å². The van der Waals surface area contributed by atoms with Gasteiger partial charge in [-0.2, -0.15) is 0 Å². The second kappa shape index (κ2) is 6.51. The van der Waals surface area contributed by atoms with E-state index in [1.807, 2.05) is 4.90 Å². The molecule has 0 aromatic rings. The highest BCUT2D eigenvalue weighted by Gasteiger charge is 2.30. The average molecular weight is 227 g/mol. The summed E-state index contributed by atoms with van der Waals surface area (Å²) in [6, 6.07) is 0.248. The monoisotopic (exact) mass is 227 g/mol. The van der Waals surface area contributed by atoms with Gasteiger partial charge in [0.25, 0.3) is 0 Å². The first kappa shape index (κ1) is 13.0. The minimum atomic E-state index is -0.185. The Morgan fingerprint density at radius 2 is 2.31 bits per heavy atom. The molecular weight excluding hydrogens is 206 g/mol. The van der Waals surface area contributed by atoms with E-state index >= 15 is 0 Å². The molecule has 1 heterocycles. The highest BCUT2D eigenvalue weighted by atomic mass is 16.5. The van der Waals surface area contributed by atoms with Crippen LogP contribution in [0.3, 0.4) is 0 Å². The van der Waals surface area contributed by atoms with Crippen molar-refractivity contribution in [2.24, 2.45) is 0 Å². The Morgan fingerprint density at radius 3 is 2.94 bits per heavy atom. The SMILES string of the molecule is CCCCN1C(=O)CC[C@@H]1CCC(=O)OC. The Labute approximate surface area is 96.9 Å². The number of likely N-dealkylation sites (tertiary alicyclic amines) is 1. The van der Waals surface area contributed by atoms with Crippen LogP contribution in [0.4, 0.5) is 0 Å². The fraction of sp³-hybridized carbons (Fsp3) is 0.833. The smallest absolute Gasteiger partial charge is 0.305 e. The minimum Gasteiger partial charge on any atom is -0.469 e. The first-order valence-electron chi connectivity index (χ1n) is 6.05. The predicted octanol–water partition coefficient (Wildman–Crippen LogP) is 1.73. The van der Waals surface area contributed by atoms with Gasteiger partial charge in [-0.3, -0.25) is 9.59 Å². The molecule has 0 N–H and O–H groups in total. The first-order chi connectivity index (χ1) is 7.69. The number of esters is 1. The molecule has 1 aliphatic rings. The van der Waals surface area contributed by atoms with Crippen molar-refractivity contribution in [1.82, 2.24) is 4.90 Å². The summed E-state index contributed by atoms with van der Waals surface area (Å²) in [5.74, 6) is 0.0538. The molecule has 1 rings (SSSR count). The van der Waals surface area contributed by atoms with Gasteiger partial charge in [0, 0.05) is 25.4 Å². The zero-order valence-electron chi connectivity index (χ0n) is 10.2. The molecule has 0 radical (unpaired) electrons. The predicted molar refractivity (Wildman–Crippen MR) is 60.9 cm³/mol. The number of hydrogen-bond donors (Lipinski definition) is 0. The van der Waals surface area contributed by atoms with Crippen LogP contribution in [0.25, 0.3) is 0 Å². The highest BCUT2D eigenvalue weighted by Crippen LogP contribution is 2.23. The molecule has 16 heavy (non-hydrogen) atoms. The van der Waals surface area contributed by atoms with Crippen LogP contribution in [0.5, 0.6) is 0 Å². The zero-order chi connectivity index (χ0) is 12.0. The van der Waals surface area contributed by atoms with Crippen molar-refractivity contribution in [3.8, 4) is 0 Å². The molecule has 0 bridgehead atoms. The lowest BCUT2D eigenvalue weighted by atomic mass is 10.1. The van der Waals surface area contributed by atoms with Crippen LogP contribution in [0, 0.1) is 0 Å². The molecule has 0 aliphatic carbocycles. The summed E-state index contributed by atoms with van der Waals surface area (Å²) in [4.78, 5) is 24.6. The number of carbonyl (C=O) groups is 2. The van der Waals surface area contributed by atoms with Crippen LogP contribution in [0.1, 0.15) is 45.4 Å². The molecule has 0 aromatic carbocycles. The summed E-state index contributed by atoms with van der Waals surface area (Å²) in [6.45, 7) is 2.95. The Kier molecular flexibility index (Phi) is 5.29. The topological polar surface area (TPSA) is 46.6 Å². The molecule has 1 fully saturated rings. The van der Waals surface area contributed by atoms with E-state index in [1.165, 1.54) is 7.11 Å². The van der Waals surface area contributed by atoms with Crippen LogP contribution in [0.15, 0.2) is 0 Å². The quantitative estimate of drug-likeness (QED) is 0.649. The molecular formula is C12H21NO3. The molecule has 92 valence electrons. The lowest BCUT2D eigenvalue weighted by Gasteiger charge is -2.24.